The summed E-state index contributed by atoms with van der Waals surface area (Å²) in [5, 5.41) is 0.248. The van der Waals surface area contributed by atoms with Gasteiger partial charge in [0.05, 0.1) is 17.7 Å². The second kappa shape index (κ2) is 5.97. The first-order valence-electron chi connectivity index (χ1n) is 6.22. The second-order valence-corrected chi connectivity index (χ2v) is 5.02. The van der Waals surface area contributed by atoms with E-state index >= 15 is 0 Å². The Labute approximate surface area is 127 Å². The number of halogens is 1. The highest BCUT2D eigenvalue weighted by Crippen LogP contribution is 2.24. The van der Waals surface area contributed by atoms with E-state index in [1.807, 2.05) is 6.92 Å². The normalized spacial score (nSPS) is 10.2. The largest absolute Gasteiger partial charge is 0.465 e. The van der Waals surface area contributed by atoms with Crippen molar-refractivity contribution in [2.24, 2.45) is 0 Å². The SMILES string of the molecule is COC(=O)c1ccc(C)cc1C(=O)c1ccc(N)cc1Cl. The third-order valence-electron chi connectivity index (χ3n) is 3.06. The Morgan fingerprint density at radius 3 is 2.33 bits per heavy atom. The summed E-state index contributed by atoms with van der Waals surface area (Å²) < 4.78 is 4.71. The number of esters is 1. The molecule has 21 heavy (non-hydrogen) atoms. The number of nitrogens with two attached hydrogens (primary N) is 1. The lowest BCUT2D eigenvalue weighted by Crippen LogP contribution is -2.12. The van der Waals surface area contributed by atoms with Gasteiger partial charge in [0.2, 0.25) is 0 Å². The van der Waals surface area contributed by atoms with Crippen molar-refractivity contribution < 1.29 is 14.3 Å². The molecule has 0 saturated carbocycles. The summed E-state index contributed by atoms with van der Waals surface area (Å²) in [4.78, 5) is 24.4. The molecule has 0 bridgehead atoms. The van der Waals surface area contributed by atoms with Crippen LogP contribution in [0.4, 0.5) is 5.69 Å². The predicted octanol–water partition coefficient (Wildman–Crippen LogP) is 3.25. The van der Waals surface area contributed by atoms with E-state index in [-0.39, 0.29) is 21.9 Å². The number of hydrogen-bond donors (Lipinski definition) is 1. The van der Waals surface area contributed by atoms with E-state index in [0.29, 0.717) is 11.3 Å². The molecule has 0 heterocycles. The first kappa shape index (κ1) is 15.1. The maximum Gasteiger partial charge on any atom is 0.338 e. The number of hydrogen-bond acceptors (Lipinski definition) is 4. The van der Waals surface area contributed by atoms with Crippen LogP contribution >= 0.6 is 11.6 Å². The van der Waals surface area contributed by atoms with Crippen molar-refractivity contribution in [3.8, 4) is 0 Å². The molecule has 0 saturated heterocycles. The predicted molar refractivity (Wildman–Crippen MR) is 81.8 cm³/mol. The van der Waals surface area contributed by atoms with Crippen molar-refractivity contribution in [1.29, 1.82) is 0 Å². The molecule has 2 rings (SSSR count). The van der Waals surface area contributed by atoms with Gasteiger partial charge in [-0.2, -0.15) is 0 Å². The van der Waals surface area contributed by atoms with Crippen LogP contribution in [0.15, 0.2) is 36.4 Å². The zero-order valence-corrected chi connectivity index (χ0v) is 12.4. The van der Waals surface area contributed by atoms with E-state index in [2.05, 4.69) is 0 Å². The fraction of sp³-hybridized carbons (Fsp3) is 0.125. The van der Waals surface area contributed by atoms with Crippen molar-refractivity contribution in [3.63, 3.8) is 0 Å². The molecule has 4 nitrogen and oxygen atoms in total. The van der Waals surface area contributed by atoms with Gasteiger partial charge in [0.25, 0.3) is 0 Å². The maximum absolute atomic E-state index is 12.6. The summed E-state index contributed by atoms with van der Waals surface area (Å²) in [5.74, 6) is -0.908. The fourth-order valence-corrected chi connectivity index (χ4v) is 2.27. The summed E-state index contributed by atoms with van der Waals surface area (Å²) in [6, 6.07) is 9.59. The van der Waals surface area contributed by atoms with Crippen molar-refractivity contribution in [2.75, 3.05) is 12.8 Å². The van der Waals surface area contributed by atoms with Crippen LogP contribution < -0.4 is 5.73 Å². The highest BCUT2D eigenvalue weighted by atomic mass is 35.5. The Morgan fingerprint density at radius 1 is 1.05 bits per heavy atom. The topological polar surface area (TPSA) is 69.4 Å². The van der Waals surface area contributed by atoms with Crippen LogP contribution in [0.25, 0.3) is 0 Å². The summed E-state index contributed by atoms with van der Waals surface area (Å²) in [6.07, 6.45) is 0. The first-order valence-corrected chi connectivity index (χ1v) is 6.60. The summed E-state index contributed by atoms with van der Waals surface area (Å²) in [5.41, 5.74) is 7.71. The number of ketones is 1. The Morgan fingerprint density at radius 2 is 1.71 bits per heavy atom. The van der Waals surface area contributed by atoms with Gasteiger partial charge in [-0.15, -0.1) is 0 Å². The van der Waals surface area contributed by atoms with E-state index in [1.54, 1.807) is 30.3 Å². The molecule has 0 atom stereocenters. The minimum absolute atomic E-state index is 0.209. The van der Waals surface area contributed by atoms with Gasteiger partial charge in [0.15, 0.2) is 5.78 Å². The van der Waals surface area contributed by atoms with Gasteiger partial charge in [-0.05, 0) is 37.3 Å². The van der Waals surface area contributed by atoms with E-state index < -0.39 is 5.97 Å². The lowest BCUT2D eigenvalue weighted by atomic mass is 9.96. The van der Waals surface area contributed by atoms with E-state index in [1.165, 1.54) is 13.2 Å². The highest BCUT2D eigenvalue weighted by Gasteiger charge is 2.20. The van der Waals surface area contributed by atoms with Gasteiger partial charge < -0.3 is 10.5 Å². The number of anilines is 1. The van der Waals surface area contributed by atoms with Gasteiger partial charge in [0, 0.05) is 16.8 Å². The van der Waals surface area contributed by atoms with Gasteiger partial charge in [-0.3, -0.25) is 4.79 Å². The summed E-state index contributed by atoms with van der Waals surface area (Å²) in [6.45, 7) is 1.84. The minimum atomic E-state index is -0.565. The number of aryl methyl sites for hydroxylation is 1. The maximum atomic E-state index is 12.6. The van der Waals surface area contributed by atoms with E-state index in [4.69, 9.17) is 22.1 Å². The molecule has 0 fully saturated rings. The van der Waals surface area contributed by atoms with Crippen molar-refractivity contribution >= 4 is 29.0 Å². The molecule has 5 heteroatoms. The Balaban J connectivity index is 2.57. The van der Waals surface area contributed by atoms with Gasteiger partial charge >= 0.3 is 5.97 Å². The minimum Gasteiger partial charge on any atom is -0.465 e. The highest BCUT2D eigenvalue weighted by molar-refractivity contribution is 6.35. The van der Waals surface area contributed by atoms with Crippen LogP contribution in [-0.2, 0) is 4.74 Å². The summed E-state index contributed by atoms with van der Waals surface area (Å²) in [7, 11) is 1.27. The number of ether oxygens (including phenoxy) is 1. The average molecular weight is 304 g/mol. The van der Waals surface area contributed by atoms with Crippen LogP contribution in [0, 0.1) is 6.92 Å². The molecule has 0 amide bonds. The van der Waals surface area contributed by atoms with E-state index in [9.17, 15) is 9.59 Å². The molecule has 0 aliphatic rings. The van der Waals surface area contributed by atoms with Crippen LogP contribution in [0.1, 0.15) is 31.8 Å². The first-order chi connectivity index (χ1) is 9.93. The van der Waals surface area contributed by atoms with Crippen molar-refractivity contribution in [2.45, 2.75) is 6.92 Å². The van der Waals surface area contributed by atoms with Crippen LogP contribution in [0.3, 0.4) is 0 Å². The Kier molecular flexibility index (Phi) is 4.29. The number of carbonyl (C=O) groups excluding carboxylic acids is 2. The van der Waals surface area contributed by atoms with Gasteiger partial charge in [0.1, 0.15) is 0 Å². The third-order valence-corrected chi connectivity index (χ3v) is 3.38. The zero-order chi connectivity index (χ0) is 15.6. The molecular formula is C16H14ClNO3. The number of benzene rings is 2. The summed E-state index contributed by atoms with van der Waals surface area (Å²) >= 11 is 6.06. The molecular weight excluding hydrogens is 290 g/mol. The van der Waals surface area contributed by atoms with Crippen LogP contribution in [-0.4, -0.2) is 18.9 Å². The zero-order valence-electron chi connectivity index (χ0n) is 11.6. The molecule has 0 radical (unpaired) electrons. The number of rotatable bonds is 3. The lowest BCUT2D eigenvalue weighted by molar-refractivity contribution is 0.0597. The smallest absolute Gasteiger partial charge is 0.338 e. The second-order valence-electron chi connectivity index (χ2n) is 4.61. The van der Waals surface area contributed by atoms with Crippen LogP contribution in [0.2, 0.25) is 5.02 Å². The van der Waals surface area contributed by atoms with Crippen molar-refractivity contribution in [3.05, 3.63) is 63.7 Å². The van der Waals surface area contributed by atoms with Crippen molar-refractivity contribution in [1.82, 2.24) is 0 Å². The number of methoxy groups -OCH3 is 1. The molecule has 0 aliphatic carbocycles. The molecule has 0 unspecified atom stereocenters. The molecule has 108 valence electrons. The quantitative estimate of drug-likeness (QED) is 0.537. The monoisotopic (exact) mass is 303 g/mol. The molecule has 2 aromatic carbocycles. The number of carbonyl (C=O) groups is 2. The molecule has 2 aromatic rings. The molecule has 2 N–H and O–H groups in total. The fourth-order valence-electron chi connectivity index (χ4n) is 1.99. The van der Waals surface area contributed by atoms with Gasteiger partial charge in [-0.25, -0.2) is 4.79 Å². The van der Waals surface area contributed by atoms with E-state index in [0.717, 1.165) is 5.56 Å². The molecule has 0 spiro atoms. The standard InChI is InChI=1S/C16H14ClNO3/c1-9-3-5-11(16(20)21-2)13(7-9)15(19)12-6-4-10(18)8-14(12)17/h3-8H,18H2,1-2H3. The molecule has 0 aromatic heterocycles. The lowest BCUT2D eigenvalue weighted by Gasteiger charge is -2.10. The van der Waals surface area contributed by atoms with Gasteiger partial charge in [-0.1, -0.05) is 23.2 Å². The third kappa shape index (κ3) is 3.06. The Bertz CT molecular complexity index is 725. The Hall–Kier alpha value is -2.33. The average Bonchev–Trinajstić information content (AvgIpc) is 2.45. The number of nitrogen functional groups attached to an aromatic ring is 1. The molecule has 0 aliphatic heterocycles. The van der Waals surface area contributed by atoms with Crippen LogP contribution in [0.5, 0.6) is 0 Å².